The fraction of sp³-hybridized carbons (Fsp3) is 0.304. The van der Waals surface area contributed by atoms with Crippen LogP contribution < -0.4 is 15.1 Å². The van der Waals surface area contributed by atoms with Crippen LogP contribution in [0.1, 0.15) is 30.5 Å². The molecule has 1 aliphatic heterocycles. The second kappa shape index (κ2) is 9.42. The normalized spacial score (nSPS) is 14.2. The number of hydrogen-bond donors (Lipinski definition) is 2. The number of carbonyl (C=O) groups is 1. The van der Waals surface area contributed by atoms with Gasteiger partial charge in [-0.3, -0.25) is 4.79 Å². The van der Waals surface area contributed by atoms with Crippen LogP contribution in [0.25, 0.3) is 10.8 Å². The number of phenolic OH excluding ortho intramolecular Hbond substituents is 1. The smallest absolute Gasteiger partial charge is 0.278 e. The van der Waals surface area contributed by atoms with E-state index in [2.05, 4.69) is 25.4 Å². The van der Waals surface area contributed by atoms with Gasteiger partial charge in [-0.2, -0.15) is 10.1 Å². The van der Waals surface area contributed by atoms with E-state index in [0.717, 1.165) is 42.4 Å². The molecule has 31 heavy (non-hydrogen) atoms. The standard InChI is InChI=1S/C23H25N5O3/c1-16-13-22(26-23(25-16)28-11-5-2-6-12-28)31-15-21(30)27-24-14-19-18-8-4-3-7-17(18)9-10-20(19)29/h3-4,7-10,13-14,29H,2,5-6,11-12,15H2,1H3,(H,27,30)/b24-14+. The molecule has 2 heterocycles. The molecule has 0 spiro atoms. The van der Waals surface area contributed by atoms with E-state index in [9.17, 15) is 9.90 Å². The molecule has 3 aromatic rings. The van der Waals surface area contributed by atoms with Crippen molar-refractivity contribution in [3.63, 3.8) is 0 Å². The van der Waals surface area contributed by atoms with Crippen LogP contribution in [0, 0.1) is 6.92 Å². The van der Waals surface area contributed by atoms with Crippen LogP contribution in [-0.4, -0.2) is 46.9 Å². The SMILES string of the molecule is Cc1cc(OCC(=O)N/N=C/c2c(O)ccc3ccccc23)nc(N2CCCCC2)n1. The minimum absolute atomic E-state index is 0.0923. The highest BCUT2D eigenvalue weighted by molar-refractivity contribution is 6.02. The molecule has 1 amide bonds. The van der Waals surface area contributed by atoms with E-state index in [4.69, 9.17) is 4.74 Å². The molecule has 8 nitrogen and oxygen atoms in total. The van der Waals surface area contributed by atoms with Gasteiger partial charge < -0.3 is 14.7 Å². The average molecular weight is 419 g/mol. The van der Waals surface area contributed by atoms with Crippen molar-refractivity contribution in [2.75, 3.05) is 24.6 Å². The summed E-state index contributed by atoms with van der Waals surface area (Å²) in [6.07, 6.45) is 4.90. The molecule has 2 N–H and O–H groups in total. The first-order valence-corrected chi connectivity index (χ1v) is 10.4. The fourth-order valence-corrected chi connectivity index (χ4v) is 3.59. The van der Waals surface area contributed by atoms with E-state index in [0.29, 0.717) is 17.4 Å². The molecular weight excluding hydrogens is 394 g/mol. The predicted octanol–water partition coefficient (Wildman–Crippen LogP) is 3.16. The van der Waals surface area contributed by atoms with Gasteiger partial charge in [0, 0.05) is 30.4 Å². The Bertz CT molecular complexity index is 1110. The summed E-state index contributed by atoms with van der Waals surface area (Å²) in [5, 5.41) is 15.9. The van der Waals surface area contributed by atoms with Crippen LogP contribution in [0.15, 0.2) is 47.6 Å². The predicted molar refractivity (Wildman–Crippen MR) is 120 cm³/mol. The lowest BCUT2D eigenvalue weighted by Crippen LogP contribution is -2.31. The van der Waals surface area contributed by atoms with Crippen molar-refractivity contribution in [3.8, 4) is 11.6 Å². The number of aromatic hydroxyl groups is 1. The van der Waals surface area contributed by atoms with Crippen LogP contribution in [0.5, 0.6) is 11.6 Å². The topological polar surface area (TPSA) is 99.9 Å². The van der Waals surface area contributed by atoms with Gasteiger partial charge >= 0.3 is 0 Å². The number of hydrogen-bond acceptors (Lipinski definition) is 7. The molecule has 1 saturated heterocycles. The lowest BCUT2D eigenvalue weighted by molar-refractivity contribution is -0.123. The highest BCUT2D eigenvalue weighted by Crippen LogP contribution is 2.25. The maximum atomic E-state index is 12.2. The van der Waals surface area contributed by atoms with E-state index < -0.39 is 5.91 Å². The molecular formula is C23H25N5O3. The largest absolute Gasteiger partial charge is 0.507 e. The minimum atomic E-state index is -0.424. The maximum absolute atomic E-state index is 12.2. The fourth-order valence-electron chi connectivity index (χ4n) is 3.59. The van der Waals surface area contributed by atoms with Crippen molar-refractivity contribution in [2.45, 2.75) is 26.2 Å². The first-order chi connectivity index (χ1) is 15.1. The summed E-state index contributed by atoms with van der Waals surface area (Å²) in [4.78, 5) is 23.2. The first-order valence-electron chi connectivity index (χ1n) is 10.4. The Labute approximate surface area is 180 Å². The Hall–Kier alpha value is -3.68. The number of carbonyl (C=O) groups excluding carboxylic acids is 1. The van der Waals surface area contributed by atoms with E-state index in [1.165, 1.54) is 12.6 Å². The molecule has 2 aromatic carbocycles. The third-order valence-corrected chi connectivity index (χ3v) is 5.14. The Balaban J connectivity index is 1.37. The molecule has 1 fully saturated rings. The number of nitrogens with zero attached hydrogens (tertiary/aromatic N) is 4. The number of amides is 1. The van der Waals surface area contributed by atoms with Crippen molar-refractivity contribution in [1.82, 2.24) is 15.4 Å². The molecule has 1 aliphatic rings. The van der Waals surface area contributed by atoms with E-state index >= 15 is 0 Å². The Morgan fingerprint density at radius 3 is 2.84 bits per heavy atom. The lowest BCUT2D eigenvalue weighted by Gasteiger charge is -2.26. The number of ether oxygens (including phenoxy) is 1. The molecule has 0 atom stereocenters. The molecule has 0 radical (unpaired) electrons. The van der Waals surface area contributed by atoms with Gasteiger partial charge in [0.15, 0.2) is 6.61 Å². The van der Waals surface area contributed by atoms with Crippen molar-refractivity contribution >= 4 is 28.8 Å². The summed E-state index contributed by atoms with van der Waals surface area (Å²) in [5.74, 6) is 0.667. The van der Waals surface area contributed by atoms with Crippen molar-refractivity contribution in [3.05, 3.63) is 53.7 Å². The molecule has 4 rings (SSSR count). The van der Waals surface area contributed by atoms with Gasteiger partial charge in [-0.25, -0.2) is 10.4 Å². The zero-order valence-electron chi connectivity index (χ0n) is 17.4. The van der Waals surface area contributed by atoms with Gasteiger partial charge in [0.05, 0.1) is 6.21 Å². The lowest BCUT2D eigenvalue weighted by atomic mass is 10.0. The molecule has 0 unspecified atom stereocenters. The average Bonchev–Trinajstić information content (AvgIpc) is 2.79. The van der Waals surface area contributed by atoms with Crippen LogP contribution in [0.3, 0.4) is 0 Å². The number of benzene rings is 2. The van der Waals surface area contributed by atoms with Crippen molar-refractivity contribution in [2.24, 2.45) is 5.10 Å². The van der Waals surface area contributed by atoms with Gasteiger partial charge in [-0.1, -0.05) is 30.3 Å². The monoisotopic (exact) mass is 419 g/mol. The van der Waals surface area contributed by atoms with Crippen LogP contribution in [0.4, 0.5) is 5.95 Å². The maximum Gasteiger partial charge on any atom is 0.278 e. The molecule has 8 heteroatoms. The molecule has 0 saturated carbocycles. The van der Waals surface area contributed by atoms with Crippen LogP contribution in [0.2, 0.25) is 0 Å². The first kappa shape index (κ1) is 20.6. The van der Waals surface area contributed by atoms with Gasteiger partial charge in [0.2, 0.25) is 11.8 Å². The number of phenols is 1. The van der Waals surface area contributed by atoms with Crippen LogP contribution in [-0.2, 0) is 4.79 Å². The summed E-state index contributed by atoms with van der Waals surface area (Å²) < 4.78 is 5.56. The minimum Gasteiger partial charge on any atom is -0.507 e. The number of piperidine rings is 1. The number of rotatable bonds is 6. The zero-order chi connectivity index (χ0) is 21.6. The molecule has 0 bridgehead atoms. The number of aryl methyl sites for hydroxylation is 1. The number of fused-ring (bicyclic) bond motifs is 1. The number of nitrogens with one attached hydrogen (secondary N) is 1. The molecule has 160 valence electrons. The molecule has 1 aromatic heterocycles. The second-order valence-electron chi connectivity index (χ2n) is 7.50. The quantitative estimate of drug-likeness (QED) is 0.470. The van der Waals surface area contributed by atoms with Gasteiger partial charge in [-0.05, 0) is 43.0 Å². The highest BCUT2D eigenvalue weighted by atomic mass is 16.5. The Kier molecular flexibility index (Phi) is 6.26. The Morgan fingerprint density at radius 2 is 2.00 bits per heavy atom. The van der Waals surface area contributed by atoms with E-state index in [-0.39, 0.29) is 12.4 Å². The highest BCUT2D eigenvalue weighted by Gasteiger charge is 2.15. The van der Waals surface area contributed by atoms with Gasteiger partial charge in [-0.15, -0.1) is 0 Å². The third kappa shape index (κ3) is 5.09. The summed E-state index contributed by atoms with van der Waals surface area (Å²) >= 11 is 0. The summed E-state index contributed by atoms with van der Waals surface area (Å²) in [6.45, 7) is 3.51. The number of anilines is 1. The Morgan fingerprint density at radius 1 is 1.19 bits per heavy atom. The summed E-state index contributed by atoms with van der Waals surface area (Å²) in [7, 11) is 0. The van der Waals surface area contributed by atoms with E-state index in [1.54, 1.807) is 12.1 Å². The second-order valence-corrected chi connectivity index (χ2v) is 7.50. The zero-order valence-corrected chi connectivity index (χ0v) is 17.4. The summed E-state index contributed by atoms with van der Waals surface area (Å²) in [6, 6.07) is 12.8. The van der Waals surface area contributed by atoms with Crippen molar-refractivity contribution < 1.29 is 14.6 Å². The molecule has 0 aliphatic carbocycles. The van der Waals surface area contributed by atoms with Crippen LogP contribution >= 0.6 is 0 Å². The van der Waals surface area contributed by atoms with Gasteiger partial charge in [0.1, 0.15) is 5.75 Å². The van der Waals surface area contributed by atoms with E-state index in [1.807, 2.05) is 37.3 Å². The van der Waals surface area contributed by atoms with Gasteiger partial charge in [0.25, 0.3) is 5.91 Å². The third-order valence-electron chi connectivity index (χ3n) is 5.14. The number of aromatic nitrogens is 2. The number of hydrazone groups is 1. The summed E-state index contributed by atoms with van der Waals surface area (Å²) in [5.41, 5.74) is 3.75. The van der Waals surface area contributed by atoms with Crippen molar-refractivity contribution in [1.29, 1.82) is 0 Å².